The Kier molecular flexibility index (Phi) is 6.47. The number of rotatable bonds is 7. The van der Waals surface area contributed by atoms with Crippen LogP contribution in [0.5, 0.6) is 0 Å². The zero-order valence-electron chi connectivity index (χ0n) is 20.1. The predicted molar refractivity (Wildman–Crippen MR) is 123 cm³/mol. The molecule has 2 N–H and O–H groups in total. The van der Waals surface area contributed by atoms with Crippen molar-refractivity contribution in [2.24, 2.45) is 28.6 Å². The number of ether oxygens (including phenoxy) is 1. The number of carbonyl (C=O) groups is 3. The second-order valence-corrected chi connectivity index (χ2v) is 11.2. The fourth-order valence-electron chi connectivity index (χ4n) is 7.65. The molecule has 182 valence electrons. The molecule has 0 heterocycles. The fourth-order valence-corrected chi connectivity index (χ4v) is 7.65. The summed E-state index contributed by atoms with van der Waals surface area (Å²) in [6.45, 7) is 5.68. The highest BCUT2D eigenvalue weighted by Gasteiger charge is 2.68. The highest BCUT2D eigenvalue weighted by atomic mass is 16.5. The molecule has 4 aliphatic rings. The Hall–Kier alpha value is -1.79. The zero-order chi connectivity index (χ0) is 24.0. The van der Waals surface area contributed by atoms with Gasteiger partial charge in [-0.15, -0.1) is 0 Å². The maximum Gasteiger partial charge on any atom is 0.306 e. The first-order valence-corrected chi connectivity index (χ1v) is 12.6. The van der Waals surface area contributed by atoms with Crippen molar-refractivity contribution in [3.63, 3.8) is 0 Å². The number of allylic oxidation sites excluding steroid dienone is 4. The first-order valence-electron chi connectivity index (χ1n) is 12.6. The maximum atomic E-state index is 13.2. The van der Waals surface area contributed by atoms with Gasteiger partial charge in [-0.05, 0) is 62.5 Å². The number of esters is 1. The Morgan fingerprint density at radius 2 is 1.97 bits per heavy atom. The van der Waals surface area contributed by atoms with E-state index in [0.29, 0.717) is 19.3 Å². The molecule has 0 radical (unpaired) electrons. The molecule has 3 saturated carbocycles. The molecule has 4 aliphatic carbocycles. The minimum absolute atomic E-state index is 0.00106. The average Bonchev–Trinajstić information content (AvgIpc) is 3.03. The largest absolute Gasteiger partial charge is 0.458 e. The van der Waals surface area contributed by atoms with Crippen LogP contribution in [-0.2, 0) is 19.1 Å². The van der Waals surface area contributed by atoms with E-state index >= 15 is 0 Å². The molecule has 4 rings (SSSR count). The second-order valence-electron chi connectivity index (χ2n) is 11.2. The van der Waals surface area contributed by atoms with Crippen molar-refractivity contribution < 1.29 is 29.3 Å². The molecule has 0 bridgehead atoms. The van der Waals surface area contributed by atoms with Crippen LogP contribution in [0, 0.1) is 28.6 Å². The van der Waals surface area contributed by atoms with Gasteiger partial charge in [0.25, 0.3) is 0 Å². The summed E-state index contributed by atoms with van der Waals surface area (Å²) in [4.78, 5) is 37.1. The number of hydrogen-bond donors (Lipinski definition) is 2. The Morgan fingerprint density at radius 3 is 2.70 bits per heavy atom. The lowest BCUT2D eigenvalue weighted by Crippen LogP contribution is -2.61. The van der Waals surface area contributed by atoms with Gasteiger partial charge in [-0.1, -0.05) is 45.3 Å². The van der Waals surface area contributed by atoms with E-state index < -0.39 is 35.5 Å². The lowest BCUT2D eigenvalue weighted by Gasteiger charge is -2.59. The number of aliphatic hydroxyl groups excluding tert-OH is 1. The van der Waals surface area contributed by atoms with Crippen molar-refractivity contribution in [1.29, 1.82) is 0 Å². The highest BCUT2D eigenvalue weighted by Crippen LogP contribution is 2.67. The lowest BCUT2D eigenvalue weighted by molar-refractivity contribution is -0.181. The van der Waals surface area contributed by atoms with Crippen LogP contribution in [-0.4, -0.2) is 46.1 Å². The zero-order valence-corrected chi connectivity index (χ0v) is 20.1. The van der Waals surface area contributed by atoms with Crippen LogP contribution in [0.2, 0.25) is 0 Å². The Balaban J connectivity index is 1.52. The minimum atomic E-state index is -1.61. The van der Waals surface area contributed by atoms with Crippen molar-refractivity contribution in [1.82, 2.24) is 0 Å². The van der Waals surface area contributed by atoms with Gasteiger partial charge < -0.3 is 14.9 Å². The van der Waals surface area contributed by atoms with Crippen LogP contribution in [0.1, 0.15) is 78.6 Å². The predicted octanol–water partition coefficient (Wildman–Crippen LogP) is 3.69. The molecule has 1 unspecified atom stereocenters. The van der Waals surface area contributed by atoms with Gasteiger partial charge >= 0.3 is 5.97 Å². The van der Waals surface area contributed by atoms with Crippen molar-refractivity contribution >= 4 is 17.5 Å². The SMILES string of the molecule is CCCCCC(=O)OCC(=O)[C@@]1(O)CC[C@H]2[C@@H]3CCC4=CC(=O)C=C[C@]4(C)[C@H]3C(O)C[C@@]21C. The summed E-state index contributed by atoms with van der Waals surface area (Å²) in [5.74, 6) is -0.661. The summed E-state index contributed by atoms with van der Waals surface area (Å²) in [6, 6.07) is 0. The van der Waals surface area contributed by atoms with E-state index in [4.69, 9.17) is 4.74 Å². The third-order valence-electron chi connectivity index (χ3n) is 9.46. The molecule has 3 fully saturated rings. The molecule has 6 nitrogen and oxygen atoms in total. The third-order valence-corrected chi connectivity index (χ3v) is 9.46. The van der Waals surface area contributed by atoms with E-state index in [2.05, 4.69) is 13.8 Å². The standard InChI is InChI=1S/C27H38O6/c1-4-5-6-7-23(31)33-16-22(30)27(32)13-11-20-19-9-8-17-14-18(28)10-12-25(17,2)24(19)21(29)15-26(20,27)3/h10,12,14,19-21,24,29,32H,4-9,11,13,15-16H2,1-3H3/t19-,20-,21?,24+,25-,26-,27-/m0/s1. The molecule has 0 aliphatic heterocycles. The monoisotopic (exact) mass is 458 g/mol. The molecule has 33 heavy (non-hydrogen) atoms. The van der Waals surface area contributed by atoms with E-state index in [1.165, 1.54) is 0 Å². The Morgan fingerprint density at radius 1 is 1.21 bits per heavy atom. The summed E-state index contributed by atoms with van der Waals surface area (Å²) < 4.78 is 5.22. The molecule has 0 spiro atoms. The number of unbranched alkanes of at least 4 members (excludes halogenated alkanes) is 2. The summed E-state index contributed by atoms with van der Waals surface area (Å²) in [5.41, 5.74) is -1.68. The fraction of sp³-hybridized carbons (Fsp3) is 0.741. The summed E-state index contributed by atoms with van der Waals surface area (Å²) in [7, 11) is 0. The van der Waals surface area contributed by atoms with Crippen molar-refractivity contribution in [2.45, 2.75) is 90.3 Å². The van der Waals surface area contributed by atoms with Gasteiger partial charge in [0.15, 0.2) is 12.4 Å². The normalized spacial score (nSPS) is 41.6. The molecule has 0 aromatic rings. The number of aliphatic hydroxyl groups is 2. The van der Waals surface area contributed by atoms with Crippen LogP contribution in [0.15, 0.2) is 23.8 Å². The van der Waals surface area contributed by atoms with Gasteiger partial charge in [0.1, 0.15) is 5.60 Å². The molecular formula is C27H38O6. The van der Waals surface area contributed by atoms with Crippen LogP contribution >= 0.6 is 0 Å². The maximum absolute atomic E-state index is 13.2. The van der Waals surface area contributed by atoms with Gasteiger partial charge in [-0.25, -0.2) is 0 Å². The molecular weight excluding hydrogens is 420 g/mol. The number of ketones is 2. The lowest BCUT2D eigenvalue weighted by atomic mass is 9.46. The number of carbonyl (C=O) groups excluding carboxylic acids is 3. The second kappa shape index (κ2) is 8.77. The van der Waals surface area contributed by atoms with E-state index in [0.717, 1.165) is 37.7 Å². The van der Waals surface area contributed by atoms with E-state index in [1.54, 1.807) is 12.2 Å². The van der Waals surface area contributed by atoms with E-state index in [1.807, 2.05) is 13.0 Å². The van der Waals surface area contributed by atoms with E-state index in [9.17, 15) is 24.6 Å². The summed E-state index contributed by atoms with van der Waals surface area (Å²) in [6.07, 6.45) is 10.5. The number of fused-ring (bicyclic) bond motifs is 5. The smallest absolute Gasteiger partial charge is 0.306 e. The quantitative estimate of drug-likeness (QED) is 0.446. The molecule has 0 aromatic carbocycles. The topological polar surface area (TPSA) is 101 Å². The minimum Gasteiger partial charge on any atom is -0.458 e. The number of Topliss-reactive ketones (excluding diaryl/α,β-unsaturated/α-hetero) is 1. The molecule has 0 saturated heterocycles. The first kappa shape index (κ1) is 24.3. The van der Waals surface area contributed by atoms with Crippen molar-refractivity contribution in [3.05, 3.63) is 23.8 Å². The van der Waals surface area contributed by atoms with Crippen LogP contribution < -0.4 is 0 Å². The molecule has 0 aromatic heterocycles. The average molecular weight is 459 g/mol. The summed E-state index contributed by atoms with van der Waals surface area (Å²) >= 11 is 0. The van der Waals surface area contributed by atoms with Crippen LogP contribution in [0.4, 0.5) is 0 Å². The van der Waals surface area contributed by atoms with Crippen molar-refractivity contribution in [3.8, 4) is 0 Å². The highest BCUT2D eigenvalue weighted by molar-refractivity contribution is 6.01. The van der Waals surface area contributed by atoms with Gasteiger partial charge in [-0.2, -0.15) is 0 Å². The van der Waals surface area contributed by atoms with Crippen molar-refractivity contribution in [2.75, 3.05) is 6.61 Å². The van der Waals surface area contributed by atoms with Crippen LogP contribution in [0.3, 0.4) is 0 Å². The van der Waals surface area contributed by atoms with E-state index in [-0.39, 0.29) is 35.4 Å². The Bertz CT molecular complexity index is 889. The molecule has 0 amide bonds. The van der Waals surface area contributed by atoms with Gasteiger partial charge in [0.2, 0.25) is 5.78 Å². The molecule has 7 atom stereocenters. The van der Waals surface area contributed by atoms with Gasteiger partial charge in [-0.3, -0.25) is 14.4 Å². The number of hydrogen-bond acceptors (Lipinski definition) is 6. The summed E-state index contributed by atoms with van der Waals surface area (Å²) in [5, 5.41) is 23.0. The third kappa shape index (κ3) is 3.83. The molecule has 6 heteroatoms. The Labute approximate surface area is 196 Å². The van der Waals surface area contributed by atoms with Crippen LogP contribution in [0.25, 0.3) is 0 Å². The van der Waals surface area contributed by atoms with Gasteiger partial charge in [0.05, 0.1) is 6.10 Å². The first-order chi connectivity index (χ1) is 15.6. The van der Waals surface area contributed by atoms with Gasteiger partial charge in [0, 0.05) is 23.2 Å².